The summed E-state index contributed by atoms with van der Waals surface area (Å²) >= 11 is 0. The van der Waals surface area contributed by atoms with Crippen molar-refractivity contribution in [1.29, 1.82) is 0 Å². The maximum atomic E-state index is 12.1. The summed E-state index contributed by atoms with van der Waals surface area (Å²) in [5.74, 6) is 2.77. The van der Waals surface area contributed by atoms with Crippen LogP contribution < -0.4 is 15.8 Å². The van der Waals surface area contributed by atoms with E-state index < -0.39 is 0 Å². The second-order valence-corrected chi connectivity index (χ2v) is 5.58. The van der Waals surface area contributed by atoms with Crippen molar-refractivity contribution in [1.82, 2.24) is 0 Å². The average molecular weight is 260 g/mol. The molecule has 0 heterocycles. The Hall–Kier alpha value is -1.55. The lowest BCUT2D eigenvalue weighted by Gasteiger charge is -2.13. The topological polar surface area (TPSA) is 64.3 Å². The fourth-order valence-electron chi connectivity index (χ4n) is 3.01. The molecule has 19 heavy (non-hydrogen) atoms. The molecule has 102 valence electrons. The van der Waals surface area contributed by atoms with Crippen molar-refractivity contribution in [3.8, 4) is 5.75 Å². The number of carbonyl (C=O) groups excluding carboxylic acids is 1. The lowest BCUT2D eigenvalue weighted by atomic mass is 10.0. The fraction of sp³-hybridized carbons (Fsp3) is 0.533. The minimum absolute atomic E-state index is 0.156. The molecular weight excluding hydrogens is 240 g/mol. The van der Waals surface area contributed by atoms with Gasteiger partial charge in [0.25, 0.3) is 0 Å². The van der Waals surface area contributed by atoms with E-state index in [1.165, 1.54) is 6.42 Å². The number of benzene rings is 1. The monoisotopic (exact) mass is 260 g/mol. The molecule has 2 atom stereocenters. The Kier molecular flexibility index (Phi) is 3.42. The lowest BCUT2D eigenvalue weighted by molar-refractivity contribution is -0.120. The minimum Gasteiger partial charge on any atom is -0.492 e. The lowest BCUT2D eigenvalue weighted by Crippen LogP contribution is -2.21. The second-order valence-electron chi connectivity index (χ2n) is 5.58. The van der Waals surface area contributed by atoms with Crippen molar-refractivity contribution >= 4 is 11.6 Å². The van der Waals surface area contributed by atoms with Gasteiger partial charge in [-0.2, -0.15) is 0 Å². The number of hydrogen-bond donors (Lipinski definition) is 2. The molecule has 0 aliphatic heterocycles. The molecule has 2 fully saturated rings. The molecule has 2 aliphatic rings. The molecule has 1 aromatic rings. The summed E-state index contributed by atoms with van der Waals surface area (Å²) in [6, 6.07) is 7.50. The Labute approximate surface area is 113 Å². The molecule has 0 aromatic heterocycles. The van der Waals surface area contributed by atoms with Crippen LogP contribution in [0.2, 0.25) is 0 Å². The van der Waals surface area contributed by atoms with Gasteiger partial charge in [0.1, 0.15) is 12.4 Å². The van der Waals surface area contributed by atoms with Crippen LogP contribution in [0.1, 0.15) is 19.3 Å². The molecule has 4 nitrogen and oxygen atoms in total. The van der Waals surface area contributed by atoms with Crippen LogP contribution in [0.15, 0.2) is 24.3 Å². The molecule has 0 radical (unpaired) electrons. The van der Waals surface area contributed by atoms with Gasteiger partial charge in [-0.3, -0.25) is 4.79 Å². The SMILES string of the molecule is NCCOc1cccc(NC(=O)C2CC3CC3C2)c1. The molecule has 0 saturated heterocycles. The normalized spacial score (nSPS) is 27.7. The van der Waals surface area contributed by atoms with E-state index in [0.717, 1.165) is 36.1 Å². The van der Waals surface area contributed by atoms with E-state index in [0.29, 0.717) is 13.2 Å². The number of rotatable bonds is 5. The second kappa shape index (κ2) is 5.21. The summed E-state index contributed by atoms with van der Waals surface area (Å²) in [6.45, 7) is 0.977. The van der Waals surface area contributed by atoms with Crippen LogP contribution >= 0.6 is 0 Å². The van der Waals surface area contributed by atoms with Crippen molar-refractivity contribution < 1.29 is 9.53 Å². The van der Waals surface area contributed by atoms with Gasteiger partial charge in [0.2, 0.25) is 5.91 Å². The van der Waals surface area contributed by atoms with Gasteiger partial charge in [-0.15, -0.1) is 0 Å². The number of carbonyl (C=O) groups is 1. The standard InChI is InChI=1S/C15H20N2O2/c16-4-5-19-14-3-1-2-13(9-14)17-15(18)12-7-10-6-11(10)8-12/h1-3,9-12H,4-8,16H2,(H,17,18). The molecule has 1 amide bonds. The first-order valence-corrected chi connectivity index (χ1v) is 7.00. The number of ether oxygens (including phenoxy) is 1. The molecular formula is C15H20N2O2. The Morgan fingerprint density at radius 1 is 1.32 bits per heavy atom. The van der Waals surface area contributed by atoms with E-state index in [-0.39, 0.29) is 11.8 Å². The zero-order valence-electron chi connectivity index (χ0n) is 11.0. The maximum absolute atomic E-state index is 12.1. The number of amides is 1. The fourth-order valence-corrected chi connectivity index (χ4v) is 3.01. The molecule has 0 bridgehead atoms. The van der Waals surface area contributed by atoms with E-state index >= 15 is 0 Å². The minimum atomic E-state index is 0.156. The molecule has 2 aliphatic carbocycles. The van der Waals surface area contributed by atoms with Crippen LogP contribution in [0.5, 0.6) is 5.75 Å². The Morgan fingerprint density at radius 3 is 2.84 bits per heavy atom. The third kappa shape index (κ3) is 2.89. The number of nitrogens with one attached hydrogen (secondary N) is 1. The van der Waals surface area contributed by atoms with Crippen LogP contribution in [-0.2, 0) is 4.79 Å². The van der Waals surface area contributed by atoms with E-state index in [1.54, 1.807) is 0 Å². The third-order valence-electron chi connectivity index (χ3n) is 4.10. The van der Waals surface area contributed by atoms with Crippen molar-refractivity contribution in [3.63, 3.8) is 0 Å². The van der Waals surface area contributed by atoms with E-state index in [1.807, 2.05) is 24.3 Å². The largest absolute Gasteiger partial charge is 0.492 e. The molecule has 1 aromatic carbocycles. The third-order valence-corrected chi connectivity index (χ3v) is 4.10. The molecule has 3 rings (SSSR count). The summed E-state index contributed by atoms with van der Waals surface area (Å²) in [6.07, 6.45) is 3.48. The smallest absolute Gasteiger partial charge is 0.227 e. The highest BCUT2D eigenvalue weighted by Gasteiger charge is 2.47. The zero-order chi connectivity index (χ0) is 13.2. The Morgan fingerprint density at radius 2 is 2.11 bits per heavy atom. The summed E-state index contributed by atoms with van der Waals surface area (Å²) in [4.78, 5) is 12.1. The number of nitrogens with two attached hydrogens (primary N) is 1. The molecule has 0 spiro atoms. The van der Waals surface area contributed by atoms with Crippen molar-refractivity contribution in [3.05, 3.63) is 24.3 Å². The van der Waals surface area contributed by atoms with Gasteiger partial charge >= 0.3 is 0 Å². The Balaban J connectivity index is 1.57. The van der Waals surface area contributed by atoms with Crippen LogP contribution in [0.3, 0.4) is 0 Å². The predicted octanol–water partition coefficient (Wildman–Crippen LogP) is 2.01. The molecule has 2 saturated carbocycles. The van der Waals surface area contributed by atoms with Crippen LogP contribution in [0.4, 0.5) is 5.69 Å². The van der Waals surface area contributed by atoms with Gasteiger partial charge in [-0.25, -0.2) is 0 Å². The number of fused-ring (bicyclic) bond motifs is 1. The maximum Gasteiger partial charge on any atom is 0.227 e. The number of hydrogen-bond acceptors (Lipinski definition) is 3. The first-order chi connectivity index (χ1) is 9.26. The first-order valence-electron chi connectivity index (χ1n) is 7.00. The van der Waals surface area contributed by atoms with Crippen LogP contribution in [-0.4, -0.2) is 19.1 Å². The van der Waals surface area contributed by atoms with E-state index in [2.05, 4.69) is 5.32 Å². The first kappa shape index (κ1) is 12.5. The number of anilines is 1. The van der Waals surface area contributed by atoms with Crippen molar-refractivity contribution in [2.75, 3.05) is 18.5 Å². The van der Waals surface area contributed by atoms with Crippen molar-refractivity contribution in [2.45, 2.75) is 19.3 Å². The summed E-state index contributed by atoms with van der Waals surface area (Å²) < 4.78 is 5.45. The van der Waals surface area contributed by atoms with Gasteiger partial charge in [-0.1, -0.05) is 6.07 Å². The molecule has 3 N–H and O–H groups in total. The quantitative estimate of drug-likeness (QED) is 0.851. The summed E-state index contributed by atoms with van der Waals surface area (Å²) in [7, 11) is 0. The van der Waals surface area contributed by atoms with Gasteiger partial charge in [-0.05, 0) is 43.2 Å². The predicted molar refractivity (Wildman–Crippen MR) is 73.9 cm³/mol. The summed E-state index contributed by atoms with van der Waals surface area (Å²) in [5.41, 5.74) is 6.21. The van der Waals surface area contributed by atoms with E-state index in [9.17, 15) is 4.79 Å². The zero-order valence-corrected chi connectivity index (χ0v) is 11.0. The van der Waals surface area contributed by atoms with Crippen molar-refractivity contribution in [2.24, 2.45) is 23.5 Å². The highest BCUT2D eigenvalue weighted by atomic mass is 16.5. The summed E-state index contributed by atoms with van der Waals surface area (Å²) in [5, 5.41) is 2.99. The van der Waals surface area contributed by atoms with Gasteiger partial charge in [0.05, 0.1) is 0 Å². The van der Waals surface area contributed by atoms with Gasteiger partial charge in [0, 0.05) is 24.2 Å². The molecule has 2 unspecified atom stereocenters. The average Bonchev–Trinajstić information content (AvgIpc) is 3.03. The Bertz CT molecular complexity index is 465. The van der Waals surface area contributed by atoms with Crippen LogP contribution in [0.25, 0.3) is 0 Å². The highest BCUT2D eigenvalue weighted by Crippen LogP contribution is 2.54. The van der Waals surface area contributed by atoms with Crippen LogP contribution in [0, 0.1) is 17.8 Å². The van der Waals surface area contributed by atoms with Gasteiger partial charge < -0.3 is 15.8 Å². The highest BCUT2D eigenvalue weighted by molar-refractivity contribution is 5.93. The molecule has 4 heteroatoms. The van der Waals surface area contributed by atoms with E-state index in [4.69, 9.17) is 10.5 Å². The van der Waals surface area contributed by atoms with Gasteiger partial charge in [0.15, 0.2) is 0 Å².